The van der Waals surface area contributed by atoms with Crippen molar-refractivity contribution in [2.45, 2.75) is 20.8 Å². The van der Waals surface area contributed by atoms with Gasteiger partial charge in [0.15, 0.2) is 5.78 Å². The lowest BCUT2D eigenvalue weighted by molar-refractivity contribution is 0.0847. The second kappa shape index (κ2) is 5.66. The van der Waals surface area contributed by atoms with E-state index in [1.54, 1.807) is 6.07 Å². The lowest BCUT2D eigenvalue weighted by Crippen LogP contribution is -2.10. The summed E-state index contributed by atoms with van der Waals surface area (Å²) < 4.78 is 10.3. The fourth-order valence-electron chi connectivity index (χ4n) is 1.62. The van der Waals surface area contributed by atoms with Crippen molar-refractivity contribution in [2.24, 2.45) is 0 Å². The molecular formula is C13H18O3. The summed E-state index contributed by atoms with van der Waals surface area (Å²) in [6.45, 7) is 6.59. The van der Waals surface area contributed by atoms with Crippen LogP contribution in [-0.4, -0.2) is 26.1 Å². The minimum Gasteiger partial charge on any atom is -0.494 e. The van der Waals surface area contributed by atoms with Gasteiger partial charge in [0.1, 0.15) is 12.4 Å². The van der Waals surface area contributed by atoms with Gasteiger partial charge in [-0.25, -0.2) is 0 Å². The molecule has 0 unspecified atom stereocenters. The summed E-state index contributed by atoms with van der Waals surface area (Å²) in [6, 6.07) is 3.64. The third kappa shape index (κ3) is 2.61. The fraction of sp³-hybridized carbons (Fsp3) is 0.462. The van der Waals surface area contributed by atoms with E-state index in [1.165, 1.54) is 7.11 Å². The number of carbonyl (C=O) groups excluding carboxylic acids is 1. The van der Waals surface area contributed by atoms with Crippen LogP contribution in [0.5, 0.6) is 5.75 Å². The number of ether oxygens (including phenoxy) is 2. The minimum absolute atomic E-state index is 0.00569. The van der Waals surface area contributed by atoms with Crippen molar-refractivity contribution in [3.05, 3.63) is 28.8 Å². The molecule has 1 aromatic rings. The van der Waals surface area contributed by atoms with Gasteiger partial charge in [-0.15, -0.1) is 0 Å². The Balaban J connectivity index is 3.06. The number of hydrogen-bond acceptors (Lipinski definition) is 3. The maximum absolute atomic E-state index is 11.7. The molecule has 0 amide bonds. The second-order valence-electron chi connectivity index (χ2n) is 3.65. The molecule has 0 saturated heterocycles. The fourth-order valence-corrected chi connectivity index (χ4v) is 1.62. The Labute approximate surface area is 96.4 Å². The van der Waals surface area contributed by atoms with Crippen LogP contribution in [-0.2, 0) is 4.74 Å². The zero-order chi connectivity index (χ0) is 12.1. The molecule has 16 heavy (non-hydrogen) atoms. The summed E-state index contributed by atoms with van der Waals surface area (Å²) in [5.41, 5.74) is 2.69. The van der Waals surface area contributed by atoms with E-state index in [0.717, 1.165) is 16.9 Å². The van der Waals surface area contributed by atoms with E-state index >= 15 is 0 Å². The number of Topliss-reactive ketones (excluding diaryl/α,β-unsaturated/α-hetero) is 1. The maximum Gasteiger partial charge on any atom is 0.188 e. The van der Waals surface area contributed by atoms with E-state index in [-0.39, 0.29) is 12.4 Å². The first kappa shape index (κ1) is 12.7. The number of rotatable bonds is 5. The molecule has 1 rings (SSSR count). The van der Waals surface area contributed by atoms with Crippen LogP contribution in [0.25, 0.3) is 0 Å². The first-order valence-corrected chi connectivity index (χ1v) is 5.37. The van der Waals surface area contributed by atoms with Gasteiger partial charge in [0.25, 0.3) is 0 Å². The van der Waals surface area contributed by atoms with E-state index in [2.05, 4.69) is 0 Å². The molecule has 88 valence electrons. The van der Waals surface area contributed by atoms with Crippen molar-refractivity contribution in [3.8, 4) is 5.75 Å². The Kier molecular flexibility index (Phi) is 4.50. The van der Waals surface area contributed by atoms with E-state index in [9.17, 15) is 4.79 Å². The lowest BCUT2D eigenvalue weighted by Gasteiger charge is -2.12. The van der Waals surface area contributed by atoms with Crippen LogP contribution in [0.1, 0.15) is 28.4 Å². The van der Waals surface area contributed by atoms with Crippen LogP contribution in [0.3, 0.4) is 0 Å². The molecule has 0 spiro atoms. The summed E-state index contributed by atoms with van der Waals surface area (Å²) in [6.07, 6.45) is 0. The van der Waals surface area contributed by atoms with Gasteiger partial charge in [-0.2, -0.15) is 0 Å². The number of hydrogen-bond donors (Lipinski definition) is 0. The summed E-state index contributed by atoms with van der Waals surface area (Å²) in [4.78, 5) is 11.7. The number of benzene rings is 1. The average Bonchev–Trinajstić information content (AvgIpc) is 2.25. The Hall–Kier alpha value is -1.35. The molecule has 0 heterocycles. The first-order chi connectivity index (χ1) is 7.61. The van der Waals surface area contributed by atoms with Gasteiger partial charge in [-0.3, -0.25) is 4.79 Å². The smallest absolute Gasteiger partial charge is 0.188 e. The van der Waals surface area contributed by atoms with Crippen LogP contribution >= 0.6 is 0 Å². The summed E-state index contributed by atoms with van der Waals surface area (Å²) in [5.74, 6) is 0.847. The molecule has 0 radical (unpaired) electrons. The van der Waals surface area contributed by atoms with Crippen LogP contribution < -0.4 is 4.74 Å². The first-order valence-electron chi connectivity index (χ1n) is 5.37. The lowest BCUT2D eigenvalue weighted by atomic mass is 9.99. The molecule has 0 fully saturated rings. The highest BCUT2D eigenvalue weighted by Gasteiger charge is 2.12. The van der Waals surface area contributed by atoms with Gasteiger partial charge in [0, 0.05) is 12.7 Å². The van der Waals surface area contributed by atoms with Crippen molar-refractivity contribution >= 4 is 5.78 Å². The molecular weight excluding hydrogens is 204 g/mol. The minimum atomic E-state index is 0.00569. The summed E-state index contributed by atoms with van der Waals surface area (Å²) >= 11 is 0. The largest absolute Gasteiger partial charge is 0.494 e. The molecule has 0 atom stereocenters. The monoisotopic (exact) mass is 222 g/mol. The predicted molar refractivity (Wildman–Crippen MR) is 63.3 cm³/mol. The zero-order valence-electron chi connectivity index (χ0n) is 10.3. The van der Waals surface area contributed by atoms with Gasteiger partial charge in [0.05, 0.1) is 6.61 Å². The van der Waals surface area contributed by atoms with Crippen molar-refractivity contribution < 1.29 is 14.3 Å². The van der Waals surface area contributed by atoms with Gasteiger partial charge in [0.2, 0.25) is 0 Å². The SMILES string of the molecule is CCOc1ccc(C(=O)COC)c(C)c1C. The molecule has 0 aliphatic heterocycles. The van der Waals surface area contributed by atoms with Crippen molar-refractivity contribution in [3.63, 3.8) is 0 Å². The van der Waals surface area contributed by atoms with Gasteiger partial charge in [-0.1, -0.05) is 0 Å². The Morgan fingerprint density at radius 1 is 1.25 bits per heavy atom. The highest BCUT2D eigenvalue weighted by molar-refractivity contribution is 5.98. The molecule has 0 aliphatic carbocycles. The molecule has 0 aromatic heterocycles. The second-order valence-corrected chi connectivity index (χ2v) is 3.65. The Morgan fingerprint density at radius 3 is 2.50 bits per heavy atom. The van der Waals surface area contributed by atoms with Crippen LogP contribution in [0, 0.1) is 13.8 Å². The topological polar surface area (TPSA) is 35.5 Å². The molecule has 0 aliphatic rings. The van der Waals surface area contributed by atoms with Gasteiger partial charge < -0.3 is 9.47 Å². The predicted octanol–water partition coefficient (Wildman–Crippen LogP) is 2.53. The third-order valence-electron chi connectivity index (χ3n) is 2.61. The number of carbonyl (C=O) groups is 1. The highest BCUT2D eigenvalue weighted by atomic mass is 16.5. The molecule has 0 saturated carbocycles. The molecule has 0 N–H and O–H groups in total. The third-order valence-corrected chi connectivity index (χ3v) is 2.61. The van der Waals surface area contributed by atoms with Gasteiger partial charge >= 0.3 is 0 Å². The standard InChI is InChI=1S/C13H18O3/c1-5-16-13-7-6-11(9(2)10(13)3)12(14)8-15-4/h6-7H,5,8H2,1-4H3. The number of ketones is 1. The van der Waals surface area contributed by atoms with Crippen LogP contribution in [0.4, 0.5) is 0 Å². The number of methoxy groups -OCH3 is 1. The summed E-state index contributed by atoms with van der Waals surface area (Å²) in [7, 11) is 1.52. The van der Waals surface area contributed by atoms with Crippen LogP contribution in [0.2, 0.25) is 0 Å². The van der Waals surface area contributed by atoms with E-state index in [4.69, 9.17) is 9.47 Å². The Morgan fingerprint density at radius 2 is 1.94 bits per heavy atom. The van der Waals surface area contributed by atoms with E-state index in [1.807, 2.05) is 26.8 Å². The Bertz CT molecular complexity index is 383. The van der Waals surface area contributed by atoms with Crippen molar-refractivity contribution in [1.29, 1.82) is 0 Å². The van der Waals surface area contributed by atoms with E-state index in [0.29, 0.717) is 12.2 Å². The molecule has 1 aromatic carbocycles. The van der Waals surface area contributed by atoms with Crippen LogP contribution in [0.15, 0.2) is 12.1 Å². The highest BCUT2D eigenvalue weighted by Crippen LogP contribution is 2.24. The van der Waals surface area contributed by atoms with E-state index < -0.39 is 0 Å². The maximum atomic E-state index is 11.7. The van der Waals surface area contributed by atoms with Gasteiger partial charge in [-0.05, 0) is 44.0 Å². The van der Waals surface area contributed by atoms with Crippen molar-refractivity contribution in [1.82, 2.24) is 0 Å². The molecule has 3 heteroatoms. The van der Waals surface area contributed by atoms with Crippen molar-refractivity contribution in [2.75, 3.05) is 20.3 Å². The average molecular weight is 222 g/mol. The molecule has 3 nitrogen and oxygen atoms in total. The quantitative estimate of drug-likeness (QED) is 0.718. The molecule has 0 bridgehead atoms. The zero-order valence-corrected chi connectivity index (χ0v) is 10.3. The summed E-state index contributed by atoms with van der Waals surface area (Å²) in [5, 5.41) is 0. The normalized spacial score (nSPS) is 10.2.